The molecule has 1 heterocycles. The van der Waals surface area contributed by atoms with Crippen LogP contribution in [0.3, 0.4) is 0 Å². The maximum atomic E-state index is 12.6. The molecule has 0 spiro atoms. The van der Waals surface area contributed by atoms with E-state index in [0.717, 1.165) is 5.56 Å². The third-order valence-electron chi connectivity index (χ3n) is 3.60. The number of hydrogen-bond acceptors (Lipinski definition) is 2. The molecule has 0 saturated heterocycles. The number of carboxylic acids is 1. The van der Waals surface area contributed by atoms with Crippen molar-refractivity contribution < 1.29 is 14.7 Å². The second-order valence-corrected chi connectivity index (χ2v) is 6.68. The summed E-state index contributed by atoms with van der Waals surface area (Å²) in [5.74, 6) is -1.05. The van der Waals surface area contributed by atoms with E-state index >= 15 is 0 Å². The number of carbonyl (C=O) groups excluding carboxylic acids is 1. The first-order chi connectivity index (χ1) is 9.70. The van der Waals surface area contributed by atoms with Crippen LogP contribution in [0.4, 0.5) is 0 Å². The van der Waals surface area contributed by atoms with Gasteiger partial charge in [-0.15, -0.1) is 0 Å². The van der Waals surface area contributed by atoms with Gasteiger partial charge in [-0.2, -0.15) is 0 Å². The zero-order valence-corrected chi connectivity index (χ0v) is 12.7. The number of carboxylic acid groups (broad SMARTS) is 1. The summed E-state index contributed by atoms with van der Waals surface area (Å²) in [5.41, 5.74) is 1.93. The van der Waals surface area contributed by atoms with Crippen LogP contribution < -0.4 is 0 Å². The Kier molecular flexibility index (Phi) is 3.90. The summed E-state index contributed by atoms with van der Waals surface area (Å²) in [7, 11) is 0. The average molecular weight is 287 g/mol. The highest BCUT2D eigenvalue weighted by Crippen LogP contribution is 2.37. The molecular formula is C17H21NO3. The van der Waals surface area contributed by atoms with Gasteiger partial charge in [0.25, 0.3) is 5.91 Å². The fraction of sp³-hybridized carbons (Fsp3) is 0.412. The van der Waals surface area contributed by atoms with Crippen LogP contribution >= 0.6 is 0 Å². The van der Waals surface area contributed by atoms with Crippen LogP contribution in [0.5, 0.6) is 0 Å². The molecule has 1 N–H and O–H groups in total. The minimum Gasteiger partial charge on any atom is -0.481 e. The Bertz CT molecular complexity index is 563. The SMILES string of the molecule is C=C1c2ccccc2C(=O)N1C(CC(=O)O)CC(C)(C)C. The van der Waals surface area contributed by atoms with Crippen molar-refractivity contribution in [3.05, 3.63) is 42.0 Å². The summed E-state index contributed by atoms with van der Waals surface area (Å²) in [6.45, 7) is 10.1. The lowest BCUT2D eigenvalue weighted by molar-refractivity contribution is -0.138. The Morgan fingerprint density at radius 1 is 1.29 bits per heavy atom. The van der Waals surface area contributed by atoms with Gasteiger partial charge in [0, 0.05) is 22.9 Å². The van der Waals surface area contributed by atoms with E-state index in [2.05, 4.69) is 6.58 Å². The summed E-state index contributed by atoms with van der Waals surface area (Å²) in [4.78, 5) is 25.3. The maximum Gasteiger partial charge on any atom is 0.305 e. The van der Waals surface area contributed by atoms with Gasteiger partial charge in [0.05, 0.1) is 6.42 Å². The van der Waals surface area contributed by atoms with E-state index in [-0.39, 0.29) is 23.8 Å². The molecule has 4 heteroatoms. The number of amides is 1. The minimum absolute atomic E-state index is 0.0734. The molecule has 1 aromatic carbocycles. The van der Waals surface area contributed by atoms with E-state index in [4.69, 9.17) is 5.11 Å². The van der Waals surface area contributed by atoms with E-state index in [9.17, 15) is 9.59 Å². The van der Waals surface area contributed by atoms with Crippen molar-refractivity contribution in [1.29, 1.82) is 0 Å². The van der Waals surface area contributed by atoms with E-state index in [1.54, 1.807) is 11.0 Å². The van der Waals surface area contributed by atoms with Crippen LogP contribution in [0.25, 0.3) is 5.70 Å². The van der Waals surface area contributed by atoms with Crippen molar-refractivity contribution in [2.75, 3.05) is 0 Å². The highest BCUT2D eigenvalue weighted by molar-refractivity contribution is 6.09. The molecular weight excluding hydrogens is 266 g/mol. The highest BCUT2D eigenvalue weighted by Gasteiger charge is 2.38. The van der Waals surface area contributed by atoms with Gasteiger partial charge in [0.1, 0.15) is 0 Å². The first-order valence-corrected chi connectivity index (χ1v) is 7.04. The van der Waals surface area contributed by atoms with Crippen LogP contribution in [-0.4, -0.2) is 27.9 Å². The standard InChI is InChI=1S/C17H21NO3/c1-11-13-7-5-6-8-14(13)16(21)18(11)12(9-15(19)20)10-17(2,3)4/h5-8,12H,1,9-10H2,2-4H3,(H,19,20). The van der Waals surface area contributed by atoms with Gasteiger partial charge in [-0.3, -0.25) is 9.59 Å². The molecule has 1 aliphatic rings. The number of fused-ring (bicyclic) bond motifs is 1. The molecule has 112 valence electrons. The molecule has 1 aromatic rings. The van der Waals surface area contributed by atoms with Crippen molar-refractivity contribution in [1.82, 2.24) is 4.90 Å². The smallest absolute Gasteiger partial charge is 0.305 e. The number of hydrogen-bond donors (Lipinski definition) is 1. The molecule has 4 nitrogen and oxygen atoms in total. The van der Waals surface area contributed by atoms with Gasteiger partial charge in [-0.25, -0.2) is 0 Å². The quantitative estimate of drug-likeness (QED) is 0.923. The van der Waals surface area contributed by atoms with Crippen molar-refractivity contribution in [2.45, 2.75) is 39.7 Å². The molecule has 0 radical (unpaired) electrons. The largest absolute Gasteiger partial charge is 0.481 e. The Balaban J connectivity index is 2.36. The van der Waals surface area contributed by atoms with Gasteiger partial charge in [0.15, 0.2) is 0 Å². The fourth-order valence-corrected chi connectivity index (χ4v) is 2.85. The summed E-state index contributed by atoms with van der Waals surface area (Å²) in [6, 6.07) is 6.90. The number of nitrogens with zero attached hydrogens (tertiary/aromatic N) is 1. The van der Waals surface area contributed by atoms with Gasteiger partial charge >= 0.3 is 5.97 Å². The van der Waals surface area contributed by atoms with Gasteiger partial charge in [-0.1, -0.05) is 45.5 Å². The number of benzene rings is 1. The summed E-state index contributed by atoms with van der Waals surface area (Å²) < 4.78 is 0. The lowest BCUT2D eigenvalue weighted by Gasteiger charge is -2.32. The van der Waals surface area contributed by atoms with Gasteiger partial charge in [-0.05, 0) is 17.9 Å². The topological polar surface area (TPSA) is 57.6 Å². The molecule has 21 heavy (non-hydrogen) atoms. The van der Waals surface area contributed by atoms with Crippen LogP contribution in [0.1, 0.15) is 49.5 Å². The van der Waals surface area contributed by atoms with Crippen LogP contribution in [0.15, 0.2) is 30.8 Å². The predicted octanol–water partition coefficient (Wildman–Crippen LogP) is 3.39. The number of carbonyl (C=O) groups is 2. The lowest BCUT2D eigenvalue weighted by Crippen LogP contribution is -2.39. The first-order valence-electron chi connectivity index (χ1n) is 7.04. The van der Waals surface area contributed by atoms with Crippen molar-refractivity contribution >= 4 is 17.6 Å². The Hall–Kier alpha value is -2.10. The molecule has 0 aromatic heterocycles. The van der Waals surface area contributed by atoms with E-state index < -0.39 is 5.97 Å². The molecule has 1 amide bonds. The van der Waals surface area contributed by atoms with E-state index in [0.29, 0.717) is 17.7 Å². The first kappa shape index (κ1) is 15.3. The van der Waals surface area contributed by atoms with Crippen LogP contribution in [0.2, 0.25) is 0 Å². The van der Waals surface area contributed by atoms with E-state index in [1.165, 1.54) is 0 Å². The monoisotopic (exact) mass is 287 g/mol. The average Bonchev–Trinajstić information content (AvgIpc) is 2.59. The number of aliphatic carboxylic acids is 1. The molecule has 1 unspecified atom stereocenters. The molecule has 1 aliphatic heterocycles. The van der Waals surface area contributed by atoms with Gasteiger partial charge in [0.2, 0.25) is 0 Å². The van der Waals surface area contributed by atoms with Crippen LogP contribution in [-0.2, 0) is 4.79 Å². The lowest BCUT2D eigenvalue weighted by atomic mass is 9.86. The zero-order chi connectivity index (χ0) is 15.8. The summed E-state index contributed by atoms with van der Waals surface area (Å²) in [5, 5.41) is 9.16. The zero-order valence-electron chi connectivity index (χ0n) is 12.7. The molecule has 0 saturated carbocycles. The fourth-order valence-electron chi connectivity index (χ4n) is 2.85. The summed E-state index contributed by atoms with van der Waals surface area (Å²) >= 11 is 0. The Morgan fingerprint density at radius 3 is 2.33 bits per heavy atom. The molecule has 0 bridgehead atoms. The Morgan fingerprint density at radius 2 is 1.86 bits per heavy atom. The molecule has 0 fully saturated rings. The van der Waals surface area contributed by atoms with Crippen molar-refractivity contribution in [3.63, 3.8) is 0 Å². The second kappa shape index (κ2) is 5.35. The Labute approximate surface area is 125 Å². The highest BCUT2D eigenvalue weighted by atomic mass is 16.4. The predicted molar refractivity (Wildman–Crippen MR) is 81.8 cm³/mol. The van der Waals surface area contributed by atoms with Gasteiger partial charge < -0.3 is 10.0 Å². The second-order valence-electron chi connectivity index (χ2n) is 6.68. The third kappa shape index (κ3) is 3.15. The van der Waals surface area contributed by atoms with Crippen LogP contribution in [0, 0.1) is 5.41 Å². The number of rotatable bonds is 4. The third-order valence-corrected chi connectivity index (χ3v) is 3.60. The minimum atomic E-state index is -0.902. The van der Waals surface area contributed by atoms with Crippen molar-refractivity contribution in [2.24, 2.45) is 5.41 Å². The molecule has 2 rings (SSSR count). The summed E-state index contributed by atoms with van der Waals surface area (Å²) in [6.07, 6.45) is 0.536. The van der Waals surface area contributed by atoms with E-state index in [1.807, 2.05) is 39.0 Å². The maximum absolute atomic E-state index is 12.6. The molecule has 0 aliphatic carbocycles. The normalized spacial score (nSPS) is 16.0. The molecule has 1 atom stereocenters. The van der Waals surface area contributed by atoms with Crippen molar-refractivity contribution in [3.8, 4) is 0 Å².